The summed E-state index contributed by atoms with van der Waals surface area (Å²) in [6, 6.07) is 28.4. The Bertz CT molecular complexity index is 2210. The summed E-state index contributed by atoms with van der Waals surface area (Å²) >= 11 is 1.80. The molecule has 2 fully saturated rings. The zero-order valence-electron chi connectivity index (χ0n) is 45.9. The van der Waals surface area contributed by atoms with E-state index in [2.05, 4.69) is 168 Å². The predicted molar refractivity (Wildman–Crippen MR) is 294 cm³/mol. The summed E-state index contributed by atoms with van der Waals surface area (Å²) in [5.41, 5.74) is 7.99. The molecule has 0 amide bonds. The first-order valence-electron chi connectivity index (χ1n) is 25.5. The van der Waals surface area contributed by atoms with Crippen LogP contribution in [0.25, 0.3) is 21.9 Å². The molecule has 68 heavy (non-hydrogen) atoms. The maximum Gasteiger partial charge on any atom is 0.167 e. The number of nitrogens with zero attached hydrogens (tertiary/aromatic N) is 5. The maximum atomic E-state index is 5.19. The zero-order chi connectivity index (χ0) is 50.6. The molecule has 4 aromatic heterocycles. The minimum absolute atomic E-state index is 0.334. The molecule has 6 nitrogen and oxygen atoms in total. The van der Waals surface area contributed by atoms with Gasteiger partial charge in [0.2, 0.25) is 0 Å². The van der Waals surface area contributed by atoms with Gasteiger partial charge < -0.3 is 4.52 Å². The molecule has 0 N–H and O–H groups in total. The van der Waals surface area contributed by atoms with Crippen molar-refractivity contribution in [2.75, 3.05) is 0 Å². The highest BCUT2D eigenvalue weighted by atomic mass is 32.1. The van der Waals surface area contributed by atoms with Gasteiger partial charge in [-0.05, 0) is 102 Å². The topological polar surface area (TPSA) is 69.6 Å². The second-order valence-electron chi connectivity index (χ2n) is 25.2. The molecule has 0 atom stereocenters. The highest BCUT2D eigenvalue weighted by molar-refractivity contribution is 7.15. The number of aromatic nitrogens is 5. The summed E-state index contributed by atoms with van der Waals surface area (Å²) in [5, 5.41) is 9.18. The molecular weight excluding hydrogens is 851 g/mol. The van der Waals surface area contributed by atoms with Crippen LogP contribution in [0.4, 0.5) is 0 Å². The summed E-state index contributed by atoms with van der Waals surface area (Å²) in [4.78, 5) is 10.1. The van der Waals surface area contributed by atoms with Crippen LogP contribution >= 0.6 is 11.3 Å². The lowest BCUT2D eigenvalue weighted by molar-refractivity contribution is 0.354. The average molecular weight is 945 g/mol. The third kappa shape index (κ3) is 28.8. The predicted octanol–water partition coefficient (Wildman–Crippen LogP) is 18.0. The van der Waals surface area contributed by atoms with Gasteiger partial charge in [-0.2, -0.15) is 5.10 Å². The molecule has 0 bridgehead atoms. The van der Waals surface area contributed by atoms with Crippen LogP contribution in [0.2, 0.25) is 0 Å². The maximum absolute atomic E-state index is 5.19. The molecule has 2 aliphatic carbocycles. The van der Waals surface area contributed by atoms with E-state index in [1.807, 2.05) is 84.9 Å². The van der Waals surface area contributed by atoms with Gasteiger partial charge in [-0.15, -0.1) is 11.3 Å². The third-order valence-electron chi connectivity index (χ3n) is 10.8. The fourth-order valence-corrected chi connectivity index (χ4v) is 8.51. The summed E-state index contributed by atoms with van der Waals surface area (Å²) in [7, 11) is 1.95. The smallest absolute Gasteiger partial charge is 0.167 e. The molecule has 0 radical (unpaired) electrons. The second-order valence-corrected chi connectivity index (χ2v) is 26.3. The van der Waals surface area contributed by atoms with Crippen LogP contribution in [0.15, 0.2) is 114 Å². The number of thiazole rings is 1. The summed E-state index contributed by atoms with van der Waals surface area (Å²) < 4.78 is 7.04. The number of rotatable bonds is 9. The van der Waals surface area contributed by atoms with Gasteiger partial charge in [0.25, 0.3) is 0 Å². The largest absolute Gasteiger partial charge is 0.356 e. The van der Waals surface area contributed by atoms with Gasteiger partial charge in [0, 0.05) is 53.4 Å². The molecule has 374 valence electrons. The van der Waals surface area contributed by atoms with Gasteiger partial charge >= 0.3 is 0 Å². The minimum Gasteiger partial charge on any atom is -0.356 e. The monoisotopic (exact) mass is 944 g/mol. The highest BCUT2D eigenvalue weighted by Crippen LogP contribution is 2.40. The Labute approximate surface area is 419 Å². The molecule has 2 aromatic carbocycles. The van der Waals surface area contributed by atoms with Crippen molar-refractivity contribution < 1.29 is 4.52 Å². The van der Waals surface area contributed by atoms with Crippen molar-refractivity contribution in [2.24, 2.45) is 46.0 Å². The van der Waals surface area contributed by atoms with Gasteiger partial charge in [0.15, 0.2) is 5.76 Å². The number of hydrogen-bond donors (Lipinski definition) is 0. The highest BCUT2D eigenvalue weighted by Gasteiger charge is 2.27. The summed E-state index contributed by atoms with van der Waals surface area (Å²) in [6.07, 6.45) is 22.4. The minimum atomic E-state index is 0.334. The van der Waals surface area contributed by atoms with E-state index >= 15 is 0 Å². The van der Waals surface area contributed by atoms with Gasteiger partial charge in [-0.3, -0.25) is 9.67 Å². The Morgan fingerprint density at radius 3 is 1.57 bits per heavy atom. The fourth-order valence-electron chi connectivity index (χ4n) is 7.30. The number of hydrogen-bond acceptors (Lipinski definition) is 6. The average Bonchev–Trinajstić information content (AvgIpc) is 4.09. The van der Waals surface area contributed by atoms with Crippen LogP contribution in [-0.2, 0) is 32.7 Å². The lowest BCUT2D eigenvalue weighted by atomic mass is 9.89. The molecule has 7 heteroatoms. The van der Waals surface area contributed by atoms with E-state index in [9.17, 15) is 0 Å². The van der Waals surface area contributed by atoms with E-state index in [0.29, 0.717) is 27.1 Å². The Hall–Kier alpha value is -4.36. The SMILES string of the molecule is CC(C)(C)CC1CC1.CC(C)(C)CCC1CC1.CC(C)(C)Cc1ccccn1.CC(C)(C)Cc1cnc(-c2ccccc2)s1.CCc1cc(-c2ccccc2)on1.Cn1cc(CC(C)(C)C)cn1. The Morgan fingerprint density at radius 2 is 1.15 bits per heavy atom. The molecule has 0 aliphatic heterocycles. The molecule has 2 saturated carbocycles. The number of aryl methyl sites for hydroxylation is 2. The van der Waals surface area contributed by atoms with E-state index < -0.39 is 0 Å². The molecular formula is C61H93N5OS. The molecule has 2 aliphatic rings. The van der Waals surface area contributed by atoms with Gasteiger partial charge in [0.05, 0.1) is 11.9 Å². The van der Waals surface area contributed by atoms with Crippen LogP contribution < -0.4 is 0 Å². The van der Waals surface area contributed by atoms with Gasteiger partial charge in [-0.25, -0.2) is 4.98 Å². The first kappa shape index (κ1) is 58.0. The molecule has 0 unspecified atom stereocenters. The molecule has 4 heterocycles. The van der Waals surface area contributed by atoms with Gasteiger partial charge in [-0.1, -0.05) is 208 Å². The fraction of sp³-hybridized carbons (Fsp3) is 0.574. The van der Waals surface area contributed by atoms with Crippen molar-refractivity contribution in [1.82, 2.24) is 24.9 Å². The van der Waals surface area contributed by atoms with Crippen LogP contribution in [0.1, 0.15) is 178 Å². The lowest BCUT2D eigenvalue weighted by Crippen LogP contribution is -2.09. The van der Waals surface area contributed by atoms with E-state index in [1.54, 1.807) is 11.3 Å². The molecule has 8 rings (SSSR count). The quantitative estimate of drug-likeness (QED) is 0.144. The molecule has 6 aromatic rings. The zero-order valence-corrected chi connectivity index (χ0v) is 46.7. The van der Waals surface area contributed by atoms with E-state index in [1.165, 1.54) is 66.6 Å². The Balaban J connectivity index is 0.000000219. The van der Waals surface area contributed by atoms with Crippen LogP contribution in [0.3, 0.4) is 0 Å². The van der Waals surface area contributed by atoms with Crippen LogP contribution in [-0.4, -0.2) is 24.9 Å². The van der Waals surface area contributed by atoms with Crippen LogP contribution in [0.5, 0.6) is 0 Å². The van der Waals surface area contributed by atoms with Crippen molar-refractivity contribution in [3.8, 4) is 21.9 Å². The summed E-state index contributed by atoms with van der Waals surface area (Å²) in [6.45, 7) is 36.2. The standard InChI is InChI=1S/C14H17NS.C11H11NO.C10H15N.C9H16N2.C9H18.C8H16/c1-14(2,3)9-12-10-15-13(16-12)11-7-5-4-6-8-11;1-2-10-8-11(13-12-10)9-6-4-3-5-7-9;1-10(2,3)8-9-6-4-5-7-11-9;1-9(2,3)5-8-6-10-11(4)7-8;1-9(2,3)7-6-8-4-5-8;1-8(2,3)6-7-4-5-7/h4-8,10H,9H2,1-3H3;3-8H,2H2,1H3;4-7H,8H2,1-3H3;6-7H,5H2,1-4H3;8H,4-7H2,1-3H3;7H,4-6H2,1-3H3. The Kier molecular flexibility index (Phi) is 23.1. The van der Waals surface area contributed by atoms with E-state index in [-0.39, 0.29) is 0 Å². The van der Waals surface area contributed by atoms with E-state index in [4.69, 9.17) is 4.52 Å². The van der Waals surface area contributed by atoms with Crippen molar-refractivity contribution in [2.45, 2.75) is 181 Å². The number of benzene rings is 2. The molecule has 0 saturated heterocycles. The lowest BCUT2D eigenvalue weighted by Gasteiger charge is -2.16. The third-order valence-corrected chi connectivity index (χ3v) is 11.8. The van der Waals surface area contributed by atoms with Crippen molar-refractivity contribution in [3.63, 3.8) is 0 Å². The Morgan fingerprint density at radius 1 is 0.588 bits per heavy atom. The van der Waals surface area contributed by atoms with Crippen molar-refractivity contribution >= 4 is 11.3 Å². The first-order valence-corrected chi connectivity index (χ1v) is 26.4. The molecule has 0 spiro atoms. The van der Waals surface area contributed by atoms with Gasteiger partial charge in [0.1, 0.15) is 5.01 Å². The number of pyridine rings is 1. The van der Waals surface area contributed by atoms with Crippen molar-refractivity contribution in [3.05, 3.63) is 132 Å². The van der Waals surface area contributed by atoms with Crippen molar-refractivity contribution in [1.29, 1.82) is 0 Å². The first-order chi connectivity index (χ1) is 31.6. The van der Waals surface area contributed by atoms with E-state index in [0.717, 1.165) is 59.5 Å². The second kappa shape index (κ2) is 27.1. The normalized spacial score (nSPS) is 13.7. The summed E-state index contributed by atoms with van der Waals surface area (Å²) in [5.74, 6) is 3.05. The van der Waals surface area contributed by atoms with Crippen LogP contribution in [0, 0.1) is 38.9 Å².